The summed E-state index contributed by atoms with van der Waals surface area (Å²) >= 11 is 0. The Bertz CT molecular complexity index is 552. The molecule has 0 unspecified atom stereocenters. The number of hydrogen-bond donors (Lipinski definition) is 1. The van der Waals surface area contributed by atoms with Gasteiger partial charge in [-0.2, -0.15) is 0 Å². The van der Waals surface area contributed by atoms with E-state index in [0.717, 1.165) is 38.3 Å². The first-order valence-electron chi connectivity index (χ1n) is 7.20. The van der Waals surface area contributed by atoms with E-state index in [-0.39, 0.29) is 0 Å². The van der Waals surface area contributed by atoms with Crippen LogP contribution in [0.2, 0.25) is 0 Å². The number of nitrogens with one attached hydrogen (secondary N) is 1. The zero-order valence-electron chi connectivity index (χ0n) is 12.4. The molecule has 0 radical (unpaired) electrons. The fraction of sp³-hybridized carbons (Fsp3) is 0.467. The van der Waals surface area contributed by atoms with Gasteiger partial charge in [0, 0.05) is 51.7 Å². The van der Waals surface area contributed by atoms with Crippen LogP contribution in [0.4, 0.5) is 0 Å². The Morgan fingerprint density at radius 3 is 2.57 bits per heavy atom. The molecule has 0 spiro atoms. The highest BCUT2D eigenvalue weighted by Gasteiger charge is 2.16. The minimum Gasteiger partial charge on any atom is -0.314 e. The van der Waals surface area contributed by atoms with E-state index < -0.39 is 10.0 Å². The largest absolute Gasteiger partial charge is 0.314 e. The Kier molecular flexibility index (Phi) is 5.93. The average molecular weight is 309 g/mol. The fourth-order valence-electron chi connectivity index (χ4n) is 2.18. The zero-order valence-corrected chi connectivity index (χ0v) is 13.2. The predicted octanol–water partition coefficient (Wildman–Crippen LogP) is 0.824. The molecule has 1 heterocycles. The van der Waals surface area contributed by atoms with E-state index >= 15 is 0 Å². The third-order valence-corrected chi connectivity index (χ3v) is 5.14. The lowest BCUT2D eigenvalue weighted by molar-refractivity contribution is 0.229. The Balaban J connectivity index is 1.87. The summed E-state index contributed by atoms with van der Waals surface area (Å²) in [7, 11) is -1.72. The van der Waals surface area contributed by atoms with Crippen molar-refractivity contribution in [2.45, 2.75) is 0 Å². The monoisotopic (exact) mass is 309 g/mol. The number of piperazine rings is 1. The quantitative estimate of drug-likeness (QED) is 0.845. The van der Waals surface area contributed by atoms with E-state index in [0.29, 0.717) is 6.54 Å². The molecule has 1 saturated heterocycles. The molecule has 0 amide bonds. The standard InChI is InChI=1S/C15H23N3O2S/c1-17(12-13-18-10-8-16-9-11-18)21(19,20)14-7-15-5-3-2-4-6-15/h2-7,14,16H,8-13H2,1H3. The van der Waals surface area contributed by atoms with Crippen molar-refractivity contribution in [3.63, 3.8) is 0 Å². The van der Waals surface area contributed by atoms with Crippen molar-refractivity contribution in [3.8, 4) is 0 Å². The molecule has 0 bridgehead atoms. The van der Waals surface area contributed by atoms with Gasteiger partial charge in [0.15, 0.2) is 0 Å². The Morgan fingerprint density at radius 1 is 1.24 bits per heavy atom. The Labute approximate surface area is 127 Å². The molecule has 6 heteroatoms. The van der Waals surface area contributed by atoms with Gasteiger partial charge in [-0.1, -0.05) is 30.3 Å². The molecule has 1 aromatic carbocycles. The van der Waals surface area contributed by atoms with Gasteiger partial charge in [-0.25, -0.2) is 12.7 Å². The number of nitrogens with zero attached hydrogens (tertiary/aromatic N) is 2. The van der Waals surface area contributed by atoms with Crippen LogP contribution in [0.15, 0.2) is 35.7 Å². The molecule has 0 saturated carbocycles. The smallest absolute Gasteiger partial charge is 0.236 e. The van der Waals surface area contributed by atoms with Gasteiger partial charge in [0.2, 0.25) is 10.0 Å². The predicted molar refractivity (Wildman–Crippen MR) is 86.3 cm³/mol. The van der Waals surface area contributed by atoms with Crippen molar-refractivity contribution in [3.05, 3.63) is 41.3 Å². The Hall–Kier alpha value is -1.21. The molecule has 2 rings (SSSR count). The van der Waals surface area contributed by atoms with E-state index in [2.05, 4.69) is 10.2 Å². The van der Waals surface area contributed by atoms with Crippen LogP contribution in [-0.2, 0) is 10.0 Å². The van der Waals surface area contributed by atoms with Gasteiger partial charge >= 0.3 is 0 Å². The molecule has 21 heavy (non-hydrogen) atoms. The summed E-state index contributed by atoms with van der Waals surface area (Å²) in [5.41, 5.74) is 0.886. The minimum atomic E-state index is -3.35. The summed E-state index contributed by atoms with van der Waals surface area (Å²) in [5.74, 6) is 0. The lowest BCUT2D eigenvalue weighted by atomic mass is 10.2. The maximum atomic E-state index is 12.2. The van der Waals surface area contributed by atoms with Crippen molar-refractivity contribution < 1.29 is 8.42 Å². The molecule has 0 aliphatic carbocycles. The van der Waals surface area contributed by atoms with Crippen LogP contribution < -0.4 is 5.32 Å². The number of benzene rings is 1. The van der Waals surface area contributed by atoms with Gasteiger partial charge in [0.1, 0.15) is 0 Å². The number of likely N-dealkylation sites (N-methyl/N-ethyl adjacent to an activating group) is 1. The SMILES string of the molecule is CN(CCN1CCNCC1)S(=O)(=O)C=Cc1ccccc1. The normalized spacial score (nSPS) is 17.6. The highest BCUT2D eigenvalue weighted by Crippen LogP contribution is 2.06. The number of hydrogen-bond acceptors (Lipinski definition) is 4. The van der Waals surface area contributed by atoms with Crippen LogP contribution in [0.25, 0.3) is 6.08 Å². The Morgan fingerprint density at radius 2 is 1.90 bits per heavy atom. The first kappa shape index (κ1) is 16.2. The van der Waals surface area contributed by atoms with Crippen LogP contribution in [0.5, 0.6) is 0 Å². The molecular weight excluding hydrogens is 286 g/mol. The molecule has 0 aromatic heterocycles. The van der Waals surface area contributed by atoms with Gasteiger partial charge in [-0.15, -0.1) is 0 Å². The second-order valence-corrected chi connectivity index (χ2v) is 7.10. The third kappa shape index (κ3) is 5.24. The molecular formula is C15H23N3O2S. The molecule has 1 aliphatic heterocycles. The lowest BCUT2D eigenvalue weighted by Crippen LogP contribution is -2.46. The van der Waals surface area contributed by atoms with Crippen LogP contribution in [0.1, 0.15) is 5.56 Å². The van der Waals surface area contributed by atoms with E-state index in [1.165, 1.54) is 9.71 Å². The summed E-state index contributed by atoms with van der Waals surface area (Å²) in [5, 5.41) is 4.56. The molecule has 1 aromatic rings. The minimum absolute atomic E-state index is 0.515. The lowest BCUT2D eigenvalue weighted by Gasteiger charge is -2.28. The van der Waals surface area contributed by atoms with E-state index in [1.54, 1.807) is 13.1 Å². The second kappa shape index (κ2) is 7.70. The summed E-state index contributed by atoms with van der Waals surface area (Å²) in [6, 6.07) is 9.45. The maximum Gasteiger partial charge on any atom is 0.236 e. The van der Waals surface area contributed by atoms with Crippen LogP contribution in [0.3, 0.4) is 0 Å². The average Bonchev–Trinajstić information content (AvgIpc) is 2.52. The molecule has 116 valence electrons. The van der Waals surface area contributed by atoms with Crippen molar-refractivity contribution >= 4 is 16.1 Å². The van der Waals surface area contributed by atoms with Gasteiger partial charge < -0.3 is 5.32 Å². The summed E-state index contributed by atoms with van der Waals surface area (Å²) in [6.45, 7) is 5.20. The fourth-order valence-corrected chi connectivity index (χ4v) is 3.05. The van der Waals surface area contributed by atoms with Crippen LogP contribution >= 0.6 is 0 Å². The molecule has 1 N–H and O–H groups in total. The molecule has 5 nitrogen and oxygen atoms in total. The van der Waals surface area contributed by atoms with Crippen molar-refractivity contribution in [2.75, 3.05) is 46.3 Å². The third-order valence-electron chi connectivity index (χ3n) is 3.61. The first-order chi connectivity index (χ1) is 10.1. The molecule has 0 atom stereocenters. The maximum absolute atomic E-state index is 12.2. The summed E-state index contributed by atoms with van der Waals surface area (Å²) in [6.07, 6.45) is 1.64. The topological polar surface area (TPSA) is 52.6 Å². The summed E-state index contributed by atoms with van der Waals surface area (Å²) < 4.78 is 25.8. The van der Waals surface area contributed by atoms with Crippen LogP contribution in [0, 0.1) is 0 Å². The van der Waals surface area contributed by atoms with E-state index in [9.17, 15) is 8.42 Å². The highest BCUT2D eigenvalue weighted by atomic mass is 32.2. The molecule has 1 aliphatic rings. The van der Waals surface area contributed by atoms with Crippen molar-refractivity contribution in [2.24, 2.45) is 0 Å². The van der Waals surface area contributed by atoms with Crippen LogP contribution in [-0.4, -0.2) is 63.9 Å². The second-order valence-electron chi connectivity index (χ2n) is 5.17. The van der Waals surface area contributed by atoms with Crippen molar-refractivity contribution in [1.82, 2.24) is 14.5 Å². The van der Waals surface area contributed by atoms with Gasteiger partial charge in [0.25, 0.3) is 0 Å². The van der Waals surface area contributed by atoms with Gasteiger partial charge in [-0.3, -0.25) is 4.90 Å². The number of rotatable bonds is 6. The van der Waals surface area contributed by atoms with E-state index in [1.807, 2.05) is 30.3 Å². The first-order valence-corrected chi connectivity index (χ1v) is 8.71. The van der Waals surface area contributed by atoms with Crippen molar-refractivity contribution in [1.29, 1.82) is 0 Å². The number of sulfonamides is 1. The molecule has 1 fully saturated rings. The van der Waals surface area contributed by atoms with E-state index in [4.69, 9.17) is 0 Å². The zero-order chi connectivity index (χ0) is 15.1. The van der Waals surface area contributed by atoms with Gasteiger partial charge in [0.05, 0.1) is 0 Å². The summed E-state index contributed by atoms with van der Waals surface area (Å²) in [4.78, 5) is 2.28. The van der Waals surface area contributed by atoms with Gasteiger partial charge in [-0.05, 0) is 11.6 Å². The highest BCUT2D eigenvalue weighted by molar-refractivity contribution is 7.92.